The zero-order valence-electron chi connectivity index (χ0n) is 11.3. The summed E-state index contributed by atoms with van der Waals surface area (Å²) >= 11 is 0. The van der Waals surface area contributed by atoms with Gasteiger partial charge in [-0.3, -0.25) is 0 Å². The van der Waals surface area contributed by atoms with E-state index in [-0.39, 0.29) is 12.1 Å². The fourth-order valence-electron chi connectivity index (χ4n) is 1.95. The van der Waals surface area contributed by atoms with E-state index >= 15 is 0 Å². The number of carbonyl (C=O) groups excluding carboxylic acids is 1. The van der Waals surface area contributed by atoms with Crippen LogP contribution in [0.4, 0.5) is 4.79 Å². The Morgan fingerprint density at radius 3 is 2.31 bits per heavy atom. The van der Waals surface area contributed by atoms with Gasteiger partial charge in [0.05, 0.1) is 0 Å². The van der Waals surface area contributed by atoms with Gasteiger partial charge in [0.15, 0.2) is 0 Å². The largest absolute Gasteiger partial charge is 0.444 e. The van der Waals surface area contributed by atoms with E-state index in [1.54, 1.807) is 0 Å². The average molecular weight is 228 g/mol. The molecule has 1 aliphatic heterocycles. The summed E-state index contributed by atoms with van der Waals surface area (Å²) in [4.78, 5) is 15.9. The van der Waals surface area contributed by atoms with Crippen LogP contribution in [-0.2, 0) is 4.74 Å². The molecule has 1 unspecified atom stereocenters. The maximum absolute atomic E-state index is 11.9. The molecule has 0 aromatic carbocycles. The summed E-state index contributed by atoms with van der Waals surface area (Å²) in [6.07, 6.45) is 0.830. The number of likely N-dealkylation sites (tertiary alicyclic amines) is 1. The lowest BCUT2D eigenvalue weighted by Gasteiger charge is -2.27. The van der Waals surface area contributed by atoms with Crippen molar-refractivity contribution in [1.29, 1.82) is 0 Å². The lowest BCUT2D eigenvalue weighted by atomic mass is 10.2. The molecule has 1 saturated heterocycles. The molecule has 16 heavy (non-hydrogen) atoms. The van der Waals surface area contributed by atoms with Crippen molar-refractivity contribution < 1.29 is 9.53 Å². The molecule has 1 heterocycles. The van der Waals surface area contributed by atoms with Crippen molar-refractivity contribution in [2.45, 2.75) is 51.8 Å². The normalized spacial score (nSPS) is 26.3. The fourth-order valence-corrected chi connectivity index (χ4v) is 1.95. The van der Waals surface area contributed by atoms with Gasteiger partial charge in [-0.2, -0.15) is 0 Å². The molecule has 4 heteroatoms. The van der Waals surface area contributed by atoms with Crippen LogP contribution in [0.2, 0.25) is 0 Å². The first-order valence-electron chi connectivity index (χ1n) is 5.87. The monoisotopic (exact) mass is 228 g/mol. The molecule has 0 aromatic heterocycles. The van der Waals surface area contributed by atoms with Gasteiger partial charge in [-0.25, -0.2) is 4.79 Å². The predicted molar refractivity (Wildman–Crippen MR) is 64.5 cm³/mol. The molecule has 0 N–H and O–H groups in total. The molecule has 0 spiro atoms. The molecule has 1 rings (SSSR count). The summed E-state index contributed by atoms with van der Waals surface area (Å²) in [5, 5.41) is 0. The molecule has 4 nitrogen and oxygen atoms in total. The van der Waals surface area contributed by atoms with Crippen LogP contribution in [0.25, 0.3) is 0 Å². The van der Waals surface area contributed by atoms with Crippen molar-refractivity contribution in [3.8, 4) is 0 Å². The van der Waals surface area contributed by atoms with Gasteiger partial charge >= 0.3 is 6.09 Å². The van der Waals surface area contributed by atoms with Crippen LogP contribution >= 0.6 is 0 Å². The molecule has 0 bridgehead atoms. The first kappa shape index (κ1) is 13.3. The molecule has 0 radical (unpaired) electrons. The van der Waals surface area contributed by atoms with E-state index in [0.29, 0.717) is 6.04 Å². The second-order valence-corrected chi connectivity index (χ2v) is 5.83. The van der Waals surface area contributed by atoms with Crippen LogP contribution in [0.1, 0.15) is 34.1 Å². The van der Waals surface area contributed by atoms with Gasteiger partial charge in [0.2, 0.25) is 0 Å². The van der Waals surface area contributed by atoms with Crippen molar-refractivity contribution in [1.82, 2.24) is 9.80 Å². The number of carbonyl (C=O) groups is 1. The van der Waals surface area contributed by atoms with Crippen LogP contribution in [0.5, 0.6) is 0 Å². The van der Waals surface area contributed by atoms with Gasteiger partial charge in [-0.05, 0) is 48.2 Å². The van der Waals surface area contributed by atoms with E-state index in [4.69, 9.17) is 4.74 Å². The molecule has 1 aliphatic rings. The highest BCUT2D eigenvalue weighted by Gasteiger charge is 2.35. The van der Waals surface area contributed by atoms with E-state index < -0.39 is 5.60 Å². The average Bonchev–Trinajstić information content (AvgIpc) is 2.44. The summed E-state index contributed by atoms with van der Waals surface area (Å²) in [5.74, 6) is 0. The Hall–Kier alpha value is -0.770. The van der Waals surface area contributed by atoms with Crippen LogP contribution in [0.15, 0.2) is 0 Å². The molecular formula is C12H24N2O2. The molecule has 1 amide bonds. The predicted octanol–water partition coefficient (Wildman–Crippen LogP) is 1.95. The van der Waals surface area contributed by atoms with Crippen molar-refractivity contribution in [3.05, 3.63) is 0 Å². The zero-order chi connectivity index (χ0) is 12.5. The van der Waals surface area contributed by atoms with E-state index in [2.05, 4.69) is 25.9 Å². The van der Waals surface area contributed by atoms with Gasteiger partial charge in [0.1, 0.15) is 5.60 Å². The number of ether oxygens (including phenoxy) is 1. The summed E-state index contributed by atoms with van der Waals surface area (Å²) in [6.45, 7) is 8.54. The van der Waals surface area contributed by atoms with Crippen LogP contribution in [0, 0.1) is 0 Å². The Labute approximate surface area is 98.5 Å². The van der Waals surface area contributed by atoms with Gasteiger partial charge in [-0.15, -0.1) is 0 Å². The number of nitrogens with zero attached hydrogens (tertiary/aromatic N) is 2. The maximum atomic E-state index is 11.9. The van der Waals surface area contributed by atoms with E-state index in [1.807, 2.05) is 25.7 Å². The van der Waals surface area contributed by atoms with E-state index in [1.165, 1.54) is 0 Å². The van der Waals surface area contributed by atoms with Gasteiger partial charge in [0.25, 0.3) is 0 Å². The lowest BCUT2D eigenvalue weighted by Crippen LogP contribution is -2.40. The number of hydrogen-bond donors (Lipinski definition) is 0. The minimum absolute atomic E-state index is 0.190. The third-order valence-corrected chi connectivity index (χ3v) is 2.91. The number of amides is 1. The van der Waals surface area contributed by atoms with Crippen molar-refractivity contribution in [2.24, 2.45) is 0 Å². The fraction of sp³-hybridized carbons (Fsp3) is 0.917. The highest BCUT2D eigenvalue weighted by atomic mass is 16.6. The standard InChI is InChI=1S/C12H24N2O2/c1-9-7-10(13(5)6)8-14(9)11(15)16-12(2,3)4/h9-10H,7-8H2,1-6H3/t9?,10-/m1/s1. The minimum atomic E-state index is -0.410. The number of rotatable bonds is 1. The maximum Gasteiger partial charge on any atom is 0.410 e. The Balaban J connectivity index is 2.58. The Kier molecular flexibility index (Phi) is 3.84. The van der Waals surface area contributed by atoms with Crippen LogP contribution < -0.4 is 0 Å². The highest BCUT2D eigenvalue weighted by Crippen LogP contribution is 2.22. The molecule has 94 valence electrons. The number of likely N-dealkylation sites (N-methyl/N-ethyl adjacent to an activating group) is 1. The molecule has 1 fully saturated rings. The molecule has 0 aromatic rings. The van der Waals surface area contributed by atoms with Gasteiger partial charge < -0.3 is 14.5 Å². The highest BCUT2D eigenvalue weighted by molar-refractivity contribution is 5.69. The quantitative estimate of drug-likeness (QED) is 0.687. The van der Waals surface area contributed by atoms with Crippen molar-refractivity contribution in [3.63, 3.8) is 0 Å². The lowest BCUT2D eigenvalue weighted by molar-refractivity contribution is 0.0231. The minimum Gasteiger partial charge on any atom is -0.444 e. The molecule has 0 saturated carbocycles. The Bertz CT molecular complexity index is 258. The molecule has 2 atom stereocenters. The Morgan fingerprint density at radius 1 is 1.38 bits per heavy atom. The zero-order valence-corrected chi connectivity index (χ0v) is 11.3. The van der Waals surface area contributed by atoms with Gasteiger partial charge in [0, 0.05) is 18.6 Å². The first-order valence-corrected chi connectivity index (χ1v) is 5.87. The second kappa shape index (κ2) is 4.62. The number of hydrogen-bond acceptors (Lipinski definition) is 3. The van der Waals surface area contributed by atoms with Gasteiger partial charge in [-0.1, -0.05) is 0 Å². The summed E-state index contributed by atoms with van der Waals surface area (Å²) < 4.78 is 5.39. The molecule has 0 aliphatic carbocycles. The van der Waals surface area contributed by atoms with Crippen LogP contribution in [0.3, 0.4) is 0 Å². The Morgan fingerprint density at radius 2 is 1.94 bits per heavy atom. The summed E-state index contributed by atoms with van der Waals surface area (Å²) in [5.41, 5.74) is -0.410. The van der Waals surface area contributed by atoms with Crippen molar-refractivity contribution in [2.75, 3.05) is 20.6 Å². The smallest absolute Gasteiger partial charge is 0.410 e. The van der Waals surface area contributed by atoms with Crippen LogP contribution in [-0.4, -0.2) is 54.2 Å². The summed E-state index contributed by atoms with van der Waals surface area (Å²) in [6, 6.07) is 0.713. The first-order chi connectivity index (χ1) is 7.20. The third kappa shape index (κ3) is 3.37. The molecular weight excluding hydrogens is 204 g/mol. The third-order valence-electron chi connectivity index (χ3n) is 2.91. The van der Waals surface area contributed by atoms with E-state index in [0.717, 1.165) is 13.0 Å². The summed E-state index contributed by atoms with van der Waals surface area (Å²) in [7, 11) is 4.10. The topological polar surface area (TPSA) is 32.8 Å². The SMILES string of the molecule is CC1C[C@@H](N(C)C)CN1C(=O)OC(C)(C)C. The van der Waals surface area contributed by atoms with Crippen molar-refractivity contribution >= 4 is 6.09 Å². The second-order valence-electron chi connectivity index (χ2n) is 5.83. The van der Waals surface area contributed by atoms with E-state index in [9.17, 15) is 4.79 Å².